The molecule has 0 aliphatic carbocycles. The van der Waals surface area contributed by atoms with Crippen molar-refractivity contribution in [2.45, 2.75) is 6.42 Å². The fraction of sp³-hybridized carbons (Fsp3) is 0.100. The van der Waals surface area contributed by atoms with Crippen molar-refractivity contribution < 1.29 is 9.90 Å². The quantitative estimate of drug-likeness (QED) is 0.837. The number of hydrogen-bond acceptors (Lipinski definition) is 1. The molecule has 4 heteroatoms. The summed E-state index contributed by atoms with van der Waals surface area (Å²) in [5.41, 5.74) is 1.83. The van der Waals surface area contributed by atoms with Gasteiger partial charge in [0.05, 0.1) is 6.42 Å². The summed E-state index contributed by atoms with van der Waals surface area (Å²) in [5.74, 6) is -0.801. The number of fused-ring (bicyclic) bond motifs is 1. The maximum absolute atomic E-state index is 10.6. The van der Waals surface area contributed by atoms with Crippen molar-refractivity contribution in [3.05, 3.63) is 33.5 Å². The highest BCUT2D eigenvalue weighted by Gasteiger charge is 2.07. The molecule has 0 aliphatic heterocycles. The number of halogens is 1. The molecular formula is C10H8INO2. The first-order valence-electron chi connectivity index (χ1n) is 4.14. The maximum atomic E-state index is 10.6. The highest BCUT2D eigenvalue weighted by molar-refractivity contribution is 14.1. The molecule has 0 saturated heterocycles. The molecular weight excluding hydrogens is 293 g/mol. The van der Waals surface area contributed by atoms with Gasteiger partial charge in [-0.3, -0.25) is 4.79 Å². The van der Waals surface area contributed by atoms with Crippen molar-refractivity contribution in [3.8, 4) is 0 Å². The van der Waals surface area contributed by atoms with E-state index in [1.54, 1.807) is 6.20 Å². The first kappa shape index (κ1) is 9.51. The van der Waals surface area contributed by atoms with Crippen molar-refractivity contribution in [3.63, 3.8) is 0 Å². The van der Waals surface area contributed by atoms with Crippen molar-refractivity contribution >= 4 is 39.5 Å². The number of carboxylic acids is 1. The Bertz CT molecular complexity index is 490. The molecule has 0 aliphatic rings. The van der Waals surface area contributed by atoms with Gasteiger partial charge in [0.2, 0.25) is 0 Å². The molecule has 2 aromatic rings. The Morgan fingerprint density at radius 1 is 1.50 bits per heavy atom. The molecule has 0 spiro atoms. The van der Waals surface area contributed by atoms with Gasteiger partial charge in [-0.25, -0.2) is 0 Å². The molecule has 14 heavy (non-hydrogen) atoms. The molecule has 72 valence electrons. The second-order valence-corrected chi connectivity index (χ2v) is 4.32. The zero-order chi connectivity index (χ0) is 10.1. The maximum Gasteiger partial charge on any atom is 0.307 e. The number of carboxylic acid groups (broad SMARTS) is 1. The Morgan fingerprint density at radius 2 is 2.29 bits per heavy atom. The monoisotopic (exact) mass is 301 g/mol. The van der Waals surface area contributed by atoms with Gasteiger partial charge in [0.15, 0.2) is 0 Å². The van der Waals surface area contributed by atoms with Crippen LogP contribution in [-0.4, -0.2) is 16.1 Å². The lowest BCUT2D eigenvalue weighted by atomic mass is 10.1. The van der Waals surface area contributed by atoms with Crippen LogP contribution >= 0.6 is 22.6 Å². The van der Waals surface area contributed by atoms with Crippen LogP contribution in [0.5, 0.6) is 0 Å². The SMILES string of the molecule is O=C(O)Cc1c[nH]c2ccc(I)cc12. The van der Waals surface area contributed by atoms with Gasteiger partial charge in [0.1, 0.15) is 0 Å². The minimum absolute atomic E-state index is 0.0695. The van der Waals surface area contributed by atoms with E-state index in [1.165, 1.54) is 0 Å². The van der Waals surface area contributed by atoms with Crippen LogP contribution in [0.4, 0.5) is 0 Å². The van der Waals surface area contributed by atoms with E-state index in [2.05, 4.69) is 27.6 Å². The third-order valence-corrected chi connectivity index (χ3v) is 2.74. The molecule has 1 aromatic heterocycles. The van der Waals surface area contributed by atoms with Crippen molar-refractivity contribution in [2.24, 2.45) is 0 Å². The molecule has 0 saturated carbocycles. The number of hydrogen-bond donors (Lipinski definition) is 2. The Hall–Kier alpha value is -1.04. The largest absolute Gasteiger partial charge is 0.481 e. The van der Waals surface area contributed by atoms with Crippen LogP contribution in [0, 0.1) is 3.57 Å². The summed E-state index contributed by atoms with van der Waals surface area (Å²) in [6, 6.07) is 5.94. The van der Waals surface area contributed by atoms with Crippen molar-refractivity contribution in [1.82, 2.24) is 4.98 Å². The molecule has 1 aromatic carbocycles. The Labute approximate surface area is 94.3 Å². The van der Waals surface area contributed by atoms with E-state index >= 15 is 0 Å². The van der Waals surface area contributed by atoms with E-state index in [0.29, 0.717) is 0 Å². The van der Waals surface area contributed by atoms with Gasteiger partial charge in [-0.2, -0.15) is 0 Å². The molecule has 0 radical (unpaired) electrons. The summed E-state index contributed by atoms with van der Waals surface area (Å²) in [5, 5.41) is 9.70. The highest BCUT2D eigenvalue weighted by atomic mass is 127. The zero-order valence-electron chi connectivity index (χ0n) is 7.25. The lowest BCUT2D eigenvalue weighted by Gasteiger charge is -1.95. The standard InChI is InChI=1S/C10H8INO2/c11-7-1-2-9-8(4-7)6(5-12-9)3-10(13)14/h1-2,4-5,12H,3H2,(H,13,14). The van der Waals surface area contributed by atoms with E-state index in [1.807, 2.05) is 18.2 Å². The molecule has 0 atom stereocenters. The van der Waals surface area contributed by atoms with E-state index in [0.717, 1.165) is 20.0 Å². The lowest BCUT2D eigenvalue weighted by molar-refractivity contribution is -0.136. The van der Waals surface area contributed by atoms with Crippen LogP contribution in [0.1, 0.15) is 5.56 Å². The number of carbonyl (C=O) groups is 1. The summed E-state index contributed by atoms with van der Waals surface area (Å²) >= 11 is 2.21. The zero-order valence-corrected chi connectivity index (χ0v) is 9.41. The molecule has 3 nitrogen and oxygen atoms in total. The lowest BCUT2D eigenvalue weighted by Crippen LogP contribution is -1.98. The Balaban J connectivity index is 2.55. The van der Waals surface area contributed by atoms with Gasteiger partial charge in [-0.1, -0.05) is 0 Å². The first-order chi connectivity index (χ1) is 6.66. The van der Waals surface area contributed by atoms with Crippen LogP contribution < -0.4 is 0 Å². The van der Waals surface area contributed by atoms with Crippen LogP contribution in [0.25, 0.3) is 10.9 Å². The molecule has 0 bridgehead atoms. The van der Waals surface area contributed by atoms with Gasteiger partial charge in [0, 0.05) is 20.7 Å². The molecule has 0 amide bonds. The summed E-state index contributed by atoms with van der Waals surface area (Å²) in [6.45, 7) is 0. The van der Waals surface area contributed by atoms with Gasteiger partial charge in [-0.15, -0.1) is 0 Å². The van der Waals surface area contributed by atoms with Crippen molar-refractivity contribution in [2.75, 3.05) is 0 Å². The number of nitrogens with one attached hydrogen (secondary N) is 1. The smallest absolute Gasteiger partial charge is 0.307 e. The van der Waals surface area contributed by atoms with E-state index < -0.39 is 5.97 Å². The summed E-state index contributed by atoms with van der Waals surface area (Å²) in [4.78, 5) is 13.6. The fourth-order valence-electron chi connectivity index (χ4n) is 1.46. The van der Waals surface area contributed by atoms with Gasteiger partial charge in [0.25, 0.3) is 0 Å². The van der Waals surface area contributed by atoms with E-state index in [9.17, 15) is 4.79 Å². The first-order valence-corrected chi connectivity index (χ1v) is 5.22. The third-order valence-electron chi connectivity index (χ3n) is 2.07. The Kier molecular flexibility index (Phi) is 2.45. The van der Waals surface area contributed by atoms with E-state index in [4.69, 9.17) is 5.11 Å². The number of rotatable bonds is 2. The van der Waals surface area contributed by atoms with Gasteiger partial charge >= 0.3 is 5.97 Å². The highest BCUT2D eigenvalue weighted by Crippen LogP contribution is 2.21. The molecule has 0 unspecified atom stereocenters. The summed E-state index contributed by atoms with van der Waals surface area (Å²) in [7, 11) is 0. The van der Waals surface area contributed by atoms with Gasteiger partial charge < -0.3 is 10.1 Å². The van der Waals surface area contributed by atoms with Crippen LogP contribution in [0.3, 0.4) is 0 Å². The normalized spacial score (nSPS) is 10.6. The third kappa shape index (κ3) is 1.75. The fourth-order valence-corrected chi connectivity index (χ4v) is 1.95. The predicted molar refractivity (Wildman–Crippen MR) is 62.4 cm³/mol. The van der Waals surface area contributed by atoms with E-state index in [-0.39, 0.29) is 6.42 Å². The molecule has 1 heterocycles. The molecule has 0 fully saturated rings. The average molecular weight is 301 g/mol. The minimum atomic E-state index is -0.801. The van der Waals surface area contributed by atoms with Crippen LogP contribution in [-0.2, 0) is 11.2 Å². The summed E-state index contributed by atoms with van der Waals surface area (Å²) < 4.78 is 1.11. The van der Waals surface area contributed by atoms with Crippen LogP contribution in [0.15, 0.2) is 24.4 Å². The topological polar surface area (TPSA) is 53.1 Å². The number of benzene rings is 1. The molecule has 2 N–H and O–H groups in total. The number of H-pyrrole nitrogens is 1. The van der Waals surface area contributed by atoms with Gasteiger partial charge in [-0.05, 0) is 46.4 Å². The number of aromatic nitrogens is 1. The van der Waals surface area contributed by atoms with Crippen molar-refractivity contribution in [1.29, 1.82) is 0 Å². The predicted octanol–water partition coefficient (Wildman–Crippen LogP) is 2.40. The second-order valence-electron chi connectivity index (χ2n) is 3.07. The Morgan fingerprint density at radius 3 is 3.00 bits per heavy atom. The summed E-state index contributed by atoms with van der Waals surface area (Å²) in [6.07, 6.45) is 1.83. The number of aromatic amines is 1. The minimum Gasteiger partial charge on any atom is -0.481 e. The second kappa shape index (κ2) is 3.61. The van der Waals surface area contributed by atoms with Crippen LogP contribution in [0.2, 0.25) is 0 Å². The number of aliphatic carboxylic acids is 1. The average Bonchev–Trinajstić information content (AvgIpc) is 2.47. The molecule has 2 rings (SSSR count).